The van der Waals surface area contributed by atoms with Gasteiger partial charge in [-0.3, -0.25) is 19.8 Å². The highest BCUT2D eigenvalue weighted by Gasteiger charge is 2.43. The standard InChI is InChI=1S/C37H61N5O8/c1-8-10-21-29(43)50-28(30(31(38)27-19-15-12-16-20-27)34(44)32(24(3)4)39-36(46)48-7)23-42(22-26-17-13-11-14-18-26)41-35(45)33(25(5)6)40-37(47)49-9-2/h12,15-16,19-20,24-26,28,30-33H,8-11,13-14,17-18,21-23,38H2,1-7H3,(H,39,46)(H,40,47)(H,41,45)/t28-,30?,31?,32-,33-/m0/s1. The van der Waals surface area contributed by atoms with Crippen molar-refractivity contribution in [3.05, 3.63) is 35.9 Å². The third kappa shape index (κ3) is 13.9. The highest BCUT2D eigenvalue weighted by Crippen LogP contribution is 2.30. The van der Waals surface area contributed by atoms with Gasteiger partial charge in [0, 0.05) is 19.0 Å². The summed E-state index contributed by atoms with van der Waals surface area (Å²) in [4.78, 5) is 66.7. The number of nitrogens with zero attached hydrogens (tertiary/aromatic N) is 1. The fraction of sp³-hybridized carbons (Fsp3) is 0.703. The minimum atomic E-state index is -1.13. The molecular formula is C37H61N5O8. The van der Waals surface area contributed by atoms with E-state index in [4.69, 9.17) is 19.9 Å². The van der Waals surface area contributed by atoms with Crippen LogP contribution in [0.15, 0.2) is 30.3 Å². The van der Waals surface area contributed by atoms with Gasteiger partial charge in [-0.25, -0.2) is 14.6 Å². The number of hydrogen-bond acceptors (Lipinski definition) is 10. The average Bonchev–Trinajstić information content (AvgIpc) is 3.08. The highest BCUT2D eigenvalue weighted by molar-refractivity contribution is 5.91. The van der Waals surface area contributed by atoms with Crippen molar-refractivity contribution in [2.75, 3.05) is 26.8 Å². The number of hydrogen-bond donors (Lipinski definition) is 4. The van der Waals surface area contributed by atoms with Crippen LogP contribution in [0.25, 0.3) is 0 Å². The lowest BCUT2D eigenvalue weighted by molar-refractivity contribution is -0.157. The summed E-state index contributed by atoms with van der Waals surface area (Å²) in [6, 6.07) is 6.18. The minimum absolute atomic E-state index is 0.0652. The van der Waals surface area contributed by atoms with Gasteiger partial charge in [0.05, 0.1) is 32.2 Å². The first-order valence-electron chi connectivity index (χ1n) is 18.2. The Bertz CT molecular complexity index is 1210. The van der Waals surface area contributed by atoms with Crippen LogP contribution in [-0.4, -0.2) is 79.8 Å². The summed E-state index contributed by atoms with van der Waals surface area (Å²) in [5, 5.41) is 7.02. The molecule has 1 aromatic carbocycles. The van der Waals surface area contributed by atoms with Crippen LogP contribution in [0.5, 0.6) is 0 Å². The number of esters is 1. The number of methoxy groups -OCH3 is 1. The molecule has 2 unspecified atom stereocenters. The lowest BCUT2D eigenvalue weighted by atomic mass is 9.80. The molecule has 5 atom stereocenters. The van der Waals surface area contributed by atoms with Crippen LogP contribution in [0, 0.1) is 23.7 Å². The van der Waals surface area contributed by atoms with Crippen molar-refractivity contribution in [3.8, 4) is 0 Å². The minimum Gasteiger partial charge on any atom is -0.460 e. The number of hydrazine groups is 1. The number of amides is 3. The van der Waals surface area contributed by atoms with Crippen LogP contribution < -0.4 is 21.8 Å². The second kappa shape index (κ2) is 22.2. The maximum absolute atomic E-state index is 14.7. The molecule has 0 spiro atoms. The summed E-state index contributed by atoms with van der Waals surface area (Å²) in [6.07, 6.45) is 4.01. The number of rotatable bonds is 20. The van der Waals surface area contributed by atoms with E-state index in [0.29, 0.717) is 18.5 Å². The summed E-state index contributed by atoms with van der Waals surface area (Å²) in [7, 11) is 1.22. The van der Waals surface area contributed by atoms with Gasteiger partial charge >= 0.3 is 18.2 Å². The number of nitrogens with two attached hydrogens (primary N) is 1. The van der Waals surface area contributed by atoms with Crippen molar-refractivity contribution >= 4 is 29.8 Å². The van der Waals surface area contributed by atoms with Gasteiger partial charge in [0.2, 0.25) is 0 Å². The Morgan fingerprint density at radius 3 is 2.08 bits per heavy atom. The predicted octanol–water partition coefficient (Wildman–Crippen LogP) is 5.04. The number of ketones is 1. The molecule has 0 saturated heterocycles. The third-order valence-corrected chi connectivity index (χ3v) is 9.12. The number of benzene rings is 1. The first-order valence-corrected chi connectivity index (χ1v) is 18.2. The zero-order valence-corrected chi connectivity index (χ0v) is 31.1. The normalized spacial score (nSPS) is 16.5. The molecule has 1 aromatic rings. The van der Waals surface area contributed by atoms with E-state index in [9.17, 15) is 24.0 Å². The van der Waals surface area contributed by atoms with Crippen molar-refractivity contribution in [1.82, 2.24) is 21.1 Å². The van der Waals surface area contributed by atoms with Gasteiger partial charge in [-0.05, 0) is 49.5 Å². The first kappa shape index (κ1) is 42.5. The molecule has 0 aliphatic heterocycles. The first-order chi connectivity index (χ1) is 23.8. The molecular weight excluding hydrogens is 642 g/mol. The zero-order valence-electron chi connectivity index (χ0n) is 31.1. The number of ether oxygens (including phenoxy) is 3. The van der Waals surface area contributed by atoms with Gasteiger partial charge in [-0.1, -0.05) is 90.6 Å². The molecule has 282 valence electrons. The molecule has 1 fully saturated rings. The Hall–Kier alpha value is -3.71. The van der Waals surface area contributed by atoms with Crippen molar-refractivity contribution in [2.24, 2.45) is 29.4 Å². The van der Waals surface area contributed by atoms with Crippen LogP contribution >= 0.6 is 0 Å². The van der Waals surface area contributed by atoms with E-state index in [0.717, 1.165) is 38.5 Å². The number of Topliss-reactive ketones (excluding diaryl/α,β-unsaturated/α-hetero) is 1. The number of carbonyl (C=O) groups is 5. The number of alkyl carbamates (subject to hydrolysis) is 2. The average molecular weight is 704 g/mol. The van der Waals surface area contributed by atoms with Crippen LogP contribution in [0.1, 0.15) is 105 Å². The summed E-state index contributed by atoms with van der Waals surface area (Å²) in [6.45, 7) is 11.4. The Kier molecular flexibility index (Phi) is 18.8. The second-order valence-corrected chi connectivity index (χ2v) is 13.8. The molecule has 1 aliphatic carbocycles. The molecule has 1 aliphatic rings. The van der Waals surface area contributed by atoms with Crippen molar-refractivity contribution < 1.29 is 38.2 Å². The molecule has 3 amide bonds. The van der Waals surface area contributed by atoms with Crippen molar-refractivity contribution in [2.45, 2.75) is 117 Å². The Balaban J connectivity index is 2.65. The van der Waals surface area contributed by atoms with E-state index in [1.54, 1.807) is 37.9 Å². The van der Waals surface area contributed by atoms with Gasteiger partial charge in [-0.15, -0.1) is 0 Å². The molecule has 0 aromatic heterocycles. The Morgan fingerprint density at radius 2 is 1.52 bits per heavy atom. The Labute approximate surface area is 298 Å². The number of nitrogens with one attached hydrogen (secondary N) is 3. The van der Waals surface area contributed by atoms with Crippen LogP contribution in [0.4, 0.5) is 9.59 Å². The lowest BCUT2D eigenvalue weighted by Gasteiger charge is -2.38. The Morgan fingerprint density at radius 1 is 0.900 bits per heavy atom. The van der Waals surface area contributed by atoms with E-state index in [-0.39, 0.29) is 37.3 Å². The summed E-state index contributed by atoms with van der Waals surface area (Å²) in [5.74, 6) is -2.93. The van der Waals surface area contributed by atoms with Gasteiger partial charge in [0.15, 0.2) is 5.78 Å². The summed E-state index contributed by atoms with van der Waals surface area (Å²) < 4.78 is 16.1. The van der Waals surface area contributed by atoms with E-state index < -0.39 is 60.0 Å². The quantitative estimate of drug-likeness (QED) is 0.0817. The topological polar surface area (TPSA) is 178 Å². The zero-order chi connectivity index (χ0) is 37.2. The van der Waals surface area contributed by atoms with Crippen LogP contribution in [-0.2, 0) is 28.6 Å². The van der Waals surface area contributed by atoms with Crippen LogP contribution in [0.3, 0.4) is 0 Å². The summed E-state index contributed by atoms with van der Waals surface area (Å²) >= 11 is 0. The predicted molar refractivity (Wildman–Crippen MR) is 191 cm³/mol. The molecule has 0 heterocycles. The lowest BCUT2D eigenvalue weighted by Crippen LogP contribution is -2.59. The maximum Gasteiger partial charge on any atom is 0.407 e. The van der Waals surface area contributed by atoms with E-state index in [1.807, 2.05) is 39.0 Å². The monoisotopic (exact) mass is 703 g/mol. The molecule has 50 heavy (non-hydrogen) atoms. The maximum atomic E-state index is 14.7. The number of unbranched alkanes of at least 4 members (excludes halogenated alkanes) is 1. The third-order valence-electron chi connectivity index (χ3n) is 9.12. The van der Waals surface area contributed by atoms with Crippen molar-refractivity contribution in [1.29, 1.82) is 0 Å². The molecule has 5 N–H and O–H groups in total. The van der Waals surface area contributed by atoms with E-state index in [2.05, 4.69) is 16.1 Å². The largest absolute Gasteiger partial charge is 0.460 e. The molecule has 13 nitrogen and oxygen atoms in total. The highest BCUT2D eigenvalue weighted by atomic mass is 16.6. The van der Waals surface area contributed by atoms with Gasteiger partial charge < -0.3 is 30.6 Å². The summed E-state index contributed by atoms with van der Waals surface area (Å²) in [5.41, 5.74) is 10.6. The fourth-order valence-electron chi connectivity index (χ4n) is 6.33. The molecule has 13 heteroatoms. The molecule has 1 saturated carbocycles. The molecule has 0 bridgehead atoms. The number of carbonyl (C=O) groups excluding carboxylic acids is 5. The SMILES string of the molecule is CCCCC(=O)O[C@@H](CN(CC1CCCCC1)NC(=O)[C@@H](NC(=O)OCC)C(C)C)C(C(=O)[C@@H](NC(=O)OC)C(C)C)C(N)c1ccccc1. The van der Waals surface area contributed by atoms with Gasteiger partial charge in [0.1, 0.15) is 12.1 Å². The van der Waals surface area contributed by atoms with Gasteiger partial charge in [0.25, 0.3) is 5.91 Å². The fourth-order valence-corrected chi connectivity index (χ4v) is 6.33. The van der Waals surface area contributed by atoms with E-state index >= 15 is 0 Å². The molecule has 2 rings (SSSR count). The second-order valence-electron chi connectivity index (χ2n) is 13.8. The van der Waals surface area contributed by atoms with E-state index in [1.165, 1.54) is 7.11 Å². The van der Waals surface area contributed by atoms with Gasteiger partial charge in [-0.2, -0.15) is 0 Å². The smallest absolute Gasteiger partial charge is 0.407 e. The molecule has 0 radical (unpaired) electrons. The van der Waals surface area contributed by atoms with Crippen LogP contribution in [0.2, 0.25) is 0 Å². The van der Waals surface area contributed by atoms with Crippen molar-refractivity contribution in [3.63, 3.8) is 0 Å².